The van der Waals surface area contributed by atoms with Crippen molar-refractivity contribution in [2.45, 2.75) is 31.3 Å². The van der Waals surface area contributed by atoms with Crippen LogP contribution in [-0.2, 0) is 11.2 Å². The molecule has 0 saturated heterocycles. The molecule has 1 aliphatic rings. The van der Waals surface area contributed by atoms with Gasteiger partial charge in [-0.25, -0.2) is 4.68 Å². The molecule has 5 rings (SSSR count). The number of hydrogen-bond acceptors (Lipinski definition) is 5. The molecular formula is C26H23ClN6O2. The topological polar surface area (TPSA) is 102 Å². The number of aromatic nitrogens is 4. The van der Waals surface area contributed by atoms with Gasteiger partial charge in [-0.3, -0.25) is 9.59 Å². The monoisotopic (exact) mass is 486 g/mol. The van der Waals surface area contributed by atoms with Crippen LogP contribution < -0.4 is 10.6 Å². The number of rotatable bonds is 8. The van der Waals surface area contributed by atoms with E-state index < -0.39 is 6.04 Å². The van der Waals surface area contributed by atoms with E-state index in [2.05, 4.69) is 26.2 Å². The van der Waals surface area contributed by atoms with Gasteiger partial charge in [0.15, 0.2) is 5.82 Å². The molecule has 1 heterocycles. The van der Waals surface area contributed by atoms with E-state index >= 15 is 0 Å². The van der Waals surface area contributed by atoms with Crippen molar-refractivity contribution in [2.75, 3.05) is 5.32 Å². The van der Waals surface area contributed by atoms with Crippen molar-refractivity contribution < 1.29 is 9.59 Å². The SMILES string of the molecule is O=C(NC(Cc1ccccc1)C(=O)Nc1cccc(-c2nnnn2C2CC2)c1)c1ccc(Cl)cc1. The first-order valence-corrected chi connectivity index (χ1v) is 11.7. The van der Waals surface area contributed by atoms with Crippen LogP contribution in [0.4, 0.5) is 5.69 Å². The Morgan fingerprint density at radius 3 is 2.51 bits per heavy atom. The van der Waals surface area contributed by atoms with Crippen LogP contribution in [0.1, 0.15) is 34.8 Å². The van der Waals surface area contributed by atoms with Gasteiger partial charge in [-0.15, -0.1) is 5.10 Å². The van der Waals surface area contributed by atoms with Gasteiger partial charge in [0.2, 0.25) is 5.91 Å². The van der Waals surface area contributed by atoms with E-state index in [0.29, 0.717) is 34.6 Å². The summed E-state index contributed by atoms with van der Waals surface area (Å²) in [5.41, 5.74) is 2.76. The van der Waals surface area contributed by atoms with Gasteiger partial charge in [0.05, 0.1) is 6.04 Å². The maximum absolute atomic E-state index is 13.3. The van der Waals surface area contributed by atoms with Crippen molar-refractivity contribution in [2.24, 2.45) is 0 Å². The average molecular weight is 487 g/mol. The highest BCUT2D eigenvalue weighted by molar-refractivity contribution is 6.30. The zero-order valence-electron chi connectivity index (χ0n) is 18.8. The minimum Gasteiger partial charge on any atom is -0.340 e. The predicted octanol–water partition coefficient (Wildman–Crippen LogP) is 4.31. The summed E-state index contributed by atoms with van der Waals surface area (Å²) < 4.78 is 1.82. The van der Waals surface area contributed by atoms with Crippen LogP contribution in [0.15, 0.2) is 78.9 Å². The molecule has 0 radical (unpaired) electrons. The fourth-order valence-electron chi connectivity index (χ4n) is 3.82. The van der Waals surface area contributed by atoms with Crippen molar-refractivity contribution in [1.82, 2.24) is 25.5 Å². The molecule has 8 nitrogen and oxygen atoms in total. The lowest BCUT2D eigenvalue weighted by Crippen LogP contribution is -2.45. The molecule has 1 aliphatic carbocycles. The van der Waals surface area contributed by atoms with E-state index in [1.54, 1.807) is 30.3 Å². The van der Waals surface area contributed by atoms with E-state index in [9.17, 15) is 9.59 Å². The first-order chi connectivity index (χ1) is 17.1. The molecule has 176 valence electrons. The van der Waals surface area contributed by atoms with Crippen LogP contribution in [0.2, 0.25) is 5.02 Å². The quantitative estimate of drug-likeness (QED) is 0.386. The number of carbonyl (C=O) groups is 2. The third kappa shape index (κ3) is 5.55. The number of carbonyl (C=O) groups excluding carboxylic acids is 2. The Morgan fingerprint density at radius 1 is 1.00 bits per heavy atom. The van der Waals surface area contributed by atoms with Gasteiger partial charge in [-0.1, -0.05) is 54.1 Å². The molecule has 1 saturated carbocycles. The van der Waals surface area contributed by atoms with Crippen molar-refractivity contribution in [1.29, 1.82) is 0 Å². The number of hydrogen-bond donors (Lipinski definition) is 2. The maximum Gasteiger partial charge on any atom is 0.251 e. The molecule has 35 heavy (non-hydrogen) atoms. The molecule has 4 aromatic rings. The summed E-state index contributed by atoms with van der Waals surface area (Å²) >= 11 is 5.94. The van der Waals surface area contributed by atoms with Gasteiger partial charge in [0.1, 0.15) is 6.04 Å². The molecule has 1 aromatic heterocycles. The van der Waals surface area contributed by atoms with Crippen molar-refractivity contribution in [3.8, 4) is 11.4 Å². The minimum atomic E-state index is -0.791. The number of nitrogens with one attached hydrogen (secondary N) is 2. The van der Waals surface area contributed by atoms with Gasteiger partial charge < -0.3 is 10.6 Å². The van der Waals surface area contributed by atoms with Crippen molar-refractivity contribution in [3.63, 3.8) is 0 Å². The van der Waals surface area contributed by atoms with Crippen LogP contribution in [0.3, 0.4) is 0 Å². The van der Waals surface area contributed by atoms with Crippen molar-refractivity contribution >= 4 is 29.1 Å². The molecule has 0 aliphatic heterocycles. The lowest BCUT2D eigenvalue weighted by atomic mass is 10.0. The Labute approximate surface area is 207 Å². The summed E-state index contributed by atoms with van der Waals surface area (Å²) in [6.07, 6.45) is 2.46. The number of tetrazole rings is 1. The van der Waals surface area contributed by atoms with E-state index in [1.807, 2.05) is 53.2 Å². The molecule has 3 aromatic carbocycles. The normalized spacial score (nSPS) is 13.7. The summed E-state index contributed by atoms with van der Waals surface area (Å²) in [6.45, 7) is 0. The van der Waals surface area contributed by atoms with Gasteiger partial charge in [0.25, 0.3) is 5.91 Å². The van der Waals surface area contributed by atoms with Crippen LogP contribution in [0.5, 0.6) is 0 Å². The molecule has 2 N–H and O–H groups in total. The summed E-state index contributed by atoms with van der Waals surface area (Å²) in [7, 11) is 0. The smallest absolute Gasteiger partial charge is 0.251 e. The van der Waals surface area contributed by atoms with Gasteiger partial charge in [-0.2, -0.15) is 0 Å². The Balaban J connectivity index is 1.35. The van der Waals surface area contributed by atoms with E-state index in [4.69, 9.17) is 11.6 Å². The third-order valence-electron chi connectivity index (χ3n) is 5.78. The lowest BCUT2D eigenvalue weighted by molar-refractivity contribution is -0.118. The first-order valence-electron chi connectivity index (χ1n) is 11.4. The van der Waals surface area contributed by atoms with Crippen LogP contribution in [0.25, 0.3) is 11.4 Å². The number of nitrogens with zero attached hydrogens (tertiary/aromatic N) is 4. The average Bonchev–Trinajstić information content (AvgIpc) is 3.60. The Hall–Kier alpha value is -4.04. The zero-order chi connectivity index (χ0) is 24.2. The Bertz CT molecular complexity index is 1340. The third-order valence-corrected chi connectivity index (χ3v) is 6.04. The molecule has 9 heteroatoms. The van der Waals surface area contributed by atoms with Crippen LogP contribution in [-0.4, -0.2) is 38.1 Å². The molecule has 1 unspecified atom stereocenters. The van der Waals surface area contributed by atoms with Crippen LogP contribution in [0, 0.1) is 0 Å². The van der Waals surface area contributed by atoms with E-state index in [1.165, 1.54) is 0 Å². The fourth-order valence-corrected chi connectivity index (χ4v) is 3.94. The second kappa shape index (κ2) is 10.1. The van der Waals surface area contributed by atoms with Gasteiger partial charge in [-0.05, 0) is 65.2 Å². The highest BCUT2D eigenvalue weighted by Gasteiger charge is 2.28. The molecular weight excluding hydrogens is 464 g/mol. The Kier molecular flexibility index (Phi) is 6.54. The van der Waals surface area contributed by atoms with Crippen LogP contribution >= 0.6 is 11.6 Å². The lowest BCUT2D eigenvalue weighted by Gasteiger charge is -2.19. The first kappa shape index (κ1) is 22.7. The number of benzene rings is 3. The largest absolute Gasteiger partial charge is 0.340 e. The standard InChI is InChI=1S/C26H23ClN6O2/c27-20-11-9-18(10-12-20)25(34)29-23(15-17-5-2-1-3-6-17)26(35)28-21-8-4-7-19(16-21)24-30-31-32-33(24)22-13-14-22/h1-12,16,22-23H,13-15H2,(H,28,35)(H,29,34). The van der Waals surface area contributed by atoms with E-state index in [0.717, 1.165) is 24.0 Å². The second-order valence-corrected chi connectivity index (χ2v) is 8.91. The second-order valence-electron chi connectivity index (χ2n) is 8.47. The summed E-state index contributed by atoms with van der Waals surface area (Å²) in [6, 6.07) is 23.0. The van der Waals surface area contributed by atoms with E-state index in [-0.39, 0.29) is 11.8 Å². The Morgan fingerprint density at radius 2 is 1.77 bits per heavy atom. The molecule has 0 bridgehead atoms. The number of amides is 2. The van der Waals surface area contributed by atoms with Gasteiger partial charge in [0, 0.05) is 28.3 Å². The highest BCUT2D eigenvalue weighted by Crippen LogP contribution is 2.36. The molecule has 2 amide bonds. The van der Waals surface area contributed by atoms with Crippen molar-refractivity contribution in [3.05, 3.63) is 95.0 Å². The highest BCUT2D eigenvalue weighted by atomic mass is 35.5. The molecule has 0 spiro atoms. The predicted molar refractivity (Wildman–Crippen MR) is 133 cm³/mol. The number of anilines is 1. The molecule has 1 atom stereocenters. The molecule has 1 fully saturated rings. The minimum absolute atomic E-state index is 0.324. The maximum atomic E-state index is 13.3. The summed E-state index contributed by atoms with van der Waals surface area (Å²) in [5, 5.41) is 18.4. The number of halogens is 1. The summed E-state index contributed by atoms with van der Waals surface area (Å²) in [5.74, 6) is -0.00862. The summed E-state index contributed by atoms with van der Waals surface area (Å²) in [4.78, 5) is 26.2. The van der Waals surface area contributed by atoms with Gasteiger partial charge >= 0.3 is 0 Å². The fraction of sp³-hybridized carbons (Fsp3) is 0.192. The zero-order valence-corrected chi connectivity index (χ0v) is 19.5.